The molecule has 0 unspecified atom stereocenters. The van der Waals surface area contributed by atoms with E-state index in [2.05, 4.69) is 43.1 Å². The molecule has 8 nitrogen and oxygen atoms in total. The summed E-state index contributed by atoms with van der Waals surface area (Å²) in [5, 5.41) is 9.13. The zero-order valence-electron chi connectivity index (χ0n) is 22.2. The van der Waals surface area contributed by atoms with Gasteiger partial charge in [0.2, 0.25) is 0 Å². The van der Waals surface area contributed by atoms with Crippen molar-refractivity contribution in [3.63, 3.8) is 0 Å². The molecule has 3 aromatic carbocycles. The highest BCUT2D eigenvalue weighted by Gasteiger charge is 2.31. The van der Waals surface area contributed by atoms with E-state index in [0.29, 0.717) is 22.3 Å². The lowest BCUT2D eigenvalue weighted by atomic mass is 10.0. The zero-order valence-corrected chi connectivity index (χ0v) is 23.0. The summed E-state index contributed by atoms with van der Waals surface area (Å²) < 4.78 is 50.1. The first-order valence-corrected chi connectivity index (χ1v) is 13.3. The number of para-hydroxylation sites is 1. The number of rotatable bonds is 7. The van der Waals surface area contributed by atoms with E-state index < -0.39 is 6.36 Å². The summed E-state index contributed by atoms with van der Waals surface area (Å²) in [6.45, 7) is 4.12. The third-order valence-corrected chi connectivity index (χ3v) is 6.75. The van der Waals surface area contributed by atoms with Crippen LogP contribution in [0.3, 0.4) is 0 Å². The average molecular weight is 579 g/mol. The largest absolute Gasteiger partial charge is 0.573 e. The Labute approximate surface area is 237 Å². The standard InChI is InChI=1S/C29H25F3N6O2S/c1-17(2)21-6-4-5-7-24(21)35-28(39)37-41-33-16-19-10-13-22-25(34-19)15-14-23-26(22)36-38(3)27(23)18-8-11-20(12-9-18)40-29(30,31)32/h4-17H,1-3H3,(H2,35,37,39). The minimum atomic E-state index is -4.75. The molecule has 41 heavy (non-hydrogen) atoms. The lowest BCUT2D eigenvalue weighted by Gasteiger charge is -2.13. The molecular weight excluding hydrogens is 553 g/mol. The van der Waals surface area contributed by atoms with Crippen LogP contribution in [0.1, 0.15) is 31.0 Å². The molecule has 0 aliphatic heterocycles. The Hall–Kier alpha value is -4.58. The number of anilines is 1. The molecule has 0 bridgehead atoms. The van der Waals surface area contributed by atoms with Gasteiger partial charge in [-0.3, -0.25) is 9.40 Å². The maximum Gasteiger partial charge on any atom is 0.573 e. The molecule has 0 radical (unpaired) electrons. The maximum atomic E-state index is 12.5. The van der Waals surface area contributed by atoms with E-state index in [4.69, 9.17) is 0 Å². The number of amides is 2. The molecular formula is C29H25F3N6O2S. The van der Waals surface area contributed by atoms with E-state index in [9.17, 15) is 18.0 Å². The number of aromatic nitrogens is 3. The number of carbonyl (C=O) groups is 1. The summed E-state index contributed by atoms with van der Waals surface area (Å²) >= 11 is 0.885. The fourth-order valence-corrected chi connectivity index (χ4v) is 4.86. The Morgan fingerprint density at radius 3 is 2.49 bits per heavy atom. The van der Waals surface area contributed by atoms with Crippen molar-refractivity contribution in [2.24, 2.45) is 11.4 Å². The first-order chi connectivity index (χ1) is 19.6. The molecule has 0 saturated heterocycles. The average Bonchev–Trinajstić information content (AvgIpc) is 3.27. The van der Waals surface area contributed by atoms with Crippen LogP contribution in [0.25, 0.3) is 33.1 Å². The minimum absolute atomic E-state index is 0.267. The topological polar surface area (TPSA) is 93.4 Å². The highest BCUT2D eigenvalue weighted by Crippen LogP contribution is 2.34. The SMILES string of the molecule is CC(C)c1ccccc1NC(=O)NSN=Cc1ccc2c(ccc3c(-c4ccc(OC(F)(F)F)cc4)n(C)nc32)n1. The number of nitrogens with one attached hydrogen (secondary N) is 2. The highest BCUT2D eigenvalue weighted by atomic mass is 32.2. The molecule has 2 amide bonds. The summed E-state index contributed by atoms with van der Waals surface area (Å²) in [7, 11) is 1.78. The number of pyridine rings is 1. The molecule has 2 N–H and O–H groups in total. The van der Waals surface area contributed by atoms with E-state index in [0.717, 1.165) is 39.9 Å². The number of hydrogen-bond acceptors (Lipinski definition) is 6. The Morgan fingerprint density at radius 2 is 1.76 bits per heavy atom. The maximum absolute atomic E-state index is 12.5. The predicted molar refractivity (Wildman–Crippen MR) is 156 cm³/mol. The Bertz CT molecular complexity index is 1750. The van der Waals surface area contributed by atoms with E-state index in [1.807, 2.05) is 42.5 Å². The second-order valence-corrected chi connectivity index (χ2v) is 10.0. The van der Waals surface area contributed by atoms with Gasteiger partial charge in [-0.15, -0.1) is 13.2 Å². The van der Waals surface area contributed by atoms with Crippen molar-refractivity contribution in [3.8, 4) is 17.0 Å². The first kappa shape index (κ1) is 28.0. The van der Waals surface area contributed by atoms with Crippen molar-refractivity contribution >= 4 is 51.9 Å². The second kappa shape index (κ2) is 11.5. The van der Waals surface area contributed by atoms with E-state index in [1.54, 1.807) is 36.1 Å². The minimum Gasteiger partial charge on any atom is -0.406 e. The van der Waals surface area contributed by atoms with Crippen molar-refractivity contribution in [3.05, 3.63) is 84.1 Å². The molecule has 0 aliphatic rings. The fraction of sp³-hybridized carbons (Fsp3) is 0.172. The molecule has 210 valence electrons. The number of urea groups is 1. The number of nitrogens with zero attached hydrogens (tertiary/aromatic N) is 4. The Morgan fingerprint density at radius 1 is 1.02 bits per heavy atom. The second-order valence-electron chi connectivity index (χ2n) is 9.43. The van der Waals surface area contributed by atoms with Crippen molar-refractivity contribution < 1.29 is 22.7 Å². The monoisotopic (exact) mass is 578 g/mol. The van der Waals surface area contributed by atoms with Crippen molar-refractivity contribution in [2.45, 2.75) is 26.1 Å². The van der Waals surface area contributed by atoms with Gasteiger partial charge >= 0.3 is 12.4 Å². The summed E-state index contributed by atoms with van der Waals surface area (Å²) in [6.07, 6.45) is -3.20. The summed E-state index contributed by atoms with van der Waals surface area (Å²) in [5.41, 5.74) is 5.23. The van der Waals surface area contributed by atoms with E-state index in [-0.39, 0.29) is 17.7 Å². The van der Waals surface area contributed by atoms with Crippen LogP contribution >= 0.6 is 12.1 Å². The zero-order chi connectivity index (χ0) is 29.1. The third kappa shape index (κ3) is 6.43. The Balaban J connectivity index is 1.29. The van der Waals surface area contributed by atoms with Gasteiger partial charge in [0.05, 0.1) is 35.3 Å². The number of hydrogen-bond donors (Lipinski definition) is 2. The molecule has 0 spiro atoms. The lowest BCUT2D eigenvalue weighted by Crippen LogP contribution is -2.23. The van der Waals surface area contributed by atoms with Crippen LogP contribution in [-0.4, -0.2) is 33.4 Å². The van der Waals surface area contributed by atoms with Gasteiger partial charge < -0.3 is 10.1 Å². The van der Waals surface area contributed by atoms with Gasteiger partial charge in [0.25, 0.3) is 0 Å². The number of carbonyl (C=O) groups excluding carboxylic acids is 1. The molecule has 0 saturated carbocycles. The van der Waals surface area contributed by atoms with Crippen LogP contribution in [-0.2, 0) is 7.05 Å². The van der Waals surface area contributed by atoms with Gasteiger partial charge in [-0.25, -0.2) is 14.2 Å². The number of ether oxygens (including phenoxy) is 1. The van der Waals surface area contributed by atoms with Crippen molar-refractivity contribution in [1.29, 1.82) is 0 Å². The van der Waals surface area contributed by atoms with Crippen molar-refractivity contribution in [2.75, 3.05) is 5.32 Å². The van der Waals surface area contributed by atoms with Gasteiger partial charge in [-0.2, -0.15) is 5.10 Å². The quantitative estimate of drug-likeness (QED) is 0.153. The Kier molecular flexibility index (Phi) is 7.84. The molecule has 12 heteroatoms. The highest BCUT2D eigenvalue weighted by molar-refractivity contribution is 7.96. The summed E-state index contributed by atoms with van der Waals surface area (Å²) in [5.74, 6) is -0.0228. The molecule has 5 rings (SSSR count). The van der Waals surface area contributed by atoms with Gasteiger partial charge in [-0.05, 0) is 66.1 Å². The van der Waals surface area contributed by atoms with Gasteiger partial charge in [0, 0.05) is 29.1 Å². The van der Waals surface area contributed by atoms with Crippen LogP contribution < -0.4 is 14.8 Å². The van der Waals surface area contributed by atoms with Gasteiger partial charge in [0.15, 0.2) is 0 Å². The normalized spacial score (nSPS) is 12.0. The fourth-order valence-electron chi connectivity index (χ4n) is 4.52. The third-order valence-electron chi connectivity index (χ3n) is 6.26. The molecule has 0 aliphatic carbocycles. The molecule has 0 fully saturated rings. The van der Waals surface area contributed by atoms with Gasteiger partial charge in [-0.1, -0.05) is 32.0 Å². The van der Waals surface area contributed by atoms with E-state index in [1.165, 1.54) is 12.1 Å². The van der Waals surface area contributed by atoms with Crippen LogP contribution in [0.15, 0.2) is 77.2 Å². The number of halogens is 3. The summed E-state index contributed by atoms with van der Waals surface area (Å²) in [6, 6.07) is 20.3. The molecule has 2 aromatic heterocycles. The number of alkyl halides is 3. The van der Waals surface area contributed by atoms with E-state index >= 15 is 0 Å². The van der Waals surface area contributed by atoms with Gasteiger partial charge in [0.1, 0.15) is 11.3 Å². The molecule has 2 heterocycles. The molecule has 5 aromatic rings. The smallest absolute Gasteiger partial charge is 0.406 e. The van der Waals surface area contributed by atoms with Crippen LogP contribution in [0, 0.1) is 0 Å². The molecule has 0 atom stereocenters. The number of benzene rings is 3. The predicted octanol–water partition coefficient (Wildman–Crippen LogP) is 7.61. The summed E-state index contributed by atoms with van der Waals surface area (Å²) in [4.78, 5) is 16.9. The van der Waals surface area contributed by atoms with Crippen LogP contribution in [0.4, 0.5) is 23.7 Å². The number of fused-ring (bicyclic) bond motifs is 3. The van der Waals surface area contributed by atoms with Crippen molar-refractivity contribution in [1.82, 2.24) is 19.5 Å². The number of aryl methyl sites for hydroxylation is 1. The van der Waals surface area contributed by atoms with Crippen LogP contribution in [0.2, 0.25) is 0 Å². The lowest BCUT2D eigenvalue weighted by molar-refractivity contribution is -0.274. The first-order valence-electron chi connectivity index (χ1n) is 12.6. The van der Waals surface area contributed by atoms with Crippen LogP contribution in [0.5, 0.6) is 5.75 Å².